The molecular formula is C27H26N3O4+. The predicted molar refractivity (Wildman–Crippen MR) is 128 cm³/mol. The molecule has 34 heavy (non-hydrogen) atoms. The fourth-order valence-electron chi connectivity index (χ4n) is 5.71. The molecule has 2 aliphatic heterocycles. The van der Waals surface area contributed by atoms with Gasteiger partial charge in [0.2, 0.25) is 0 Å². The van der Waals surface area contributed by atoms with Crippen molar-refractivity contribution in [1.82, 2.24) is 5.06 Å². The lowest BCUT2D eigenvalue weighted by molar-refractivity contribution is -0.904. The summed E-state index contributed by atoms with van der Waals surface area (Å²) in [5.41, 5.74) is 7.41. The topological polar surface area (TPSA) is 66.9 Å². The van der Waals surface area contributed by atoms with Crippen LogP contribution in [0.3, 0.4) is 0 Å². The minimum Gasteiger partial charge on any atom is -0.328 e. The van der Waals surface area contributed by atoms with Crippen molar-refractivity contribution in [3.63, 3.8) is 0 Å². The van der Waals surface area contributed by atoms with Crippen molar-refractivity contribution >= 4 is 34.2 Å². The molecule has 3 aliphatic rings. The highest BCUT2D eigenvalue weighted by Crippen LogP contribution is 2.46. The zero-order valence-corrected chi connectivity index (χ0v) is 19.6. The molecule has 0 atom stereocenters. The molecule has 0 unspecified atom stereocenters. The zero-order chi connectivity index (χ0) is 23.8. The van der Waals surface area contributed by atoms with Gasteiger partial charge in [-0.1, -0.05) is 24.3 Å². The summed E-state index contributed by atoms with van der Waals surface area (Å²) in [6.07, 6.45) is 0.928. The van der Waals surface area contributed by atoms with Gasteiger partial charge in [-0.3, -0.25) is 9.59 Å². The molecule has 0 saturated carbocycles. The number of hydrogen-bond donors (Lipinski definition) is 0. The third-order valence-electron chi connectivity index (χ3n) is 7.12. The average Bonchev–Trinajstić information content (AvgIpc) is 3.11. The van der Waals surface area contributed by atoms with E-state index < -0.39 is 17.8 Å². The van der Waals surface area contributed by atoms with E-state index in [9.17, 15) is 14.4 Å². The Bertz CT molecular complexity index is 1410. The van der Waals surface area contributed by atoms with Gasteiger partial charge in [0, 0.05) is 25.5 Å². The van der Waals surface area contributed by atoms with E-state index in [1.807, 2.05) is 12.1 Å². The van der Waals surface area contributed by atoms with Gasteiger partial charge in [0.1, 0.15) is 6.54 Å². The molecule has 2 heterocycles. The van der Waals surface area contributed by atoms with Crippen molar-refractivity contribution in [3.8, 4) is 11.1 Å². The van der Waals surface area contributed by atoms with Gasteiger partial charge in [0.15, 0.2) is 6.67 Å². The Morgan fingerprint density at radius 3 is 2.50 bits per heavy atom. The number of hydroxylamine groups is 2. The minimum absolute atomic E-state index is 0.0726. The number of amides is 2. The van der Waals surface area contributed by atoms with Crippen LogP contribution in [0.4, 0.5) is 5.69 Å². The second-order valence-electron chi connectivity index (χ2n) is 10.2. The van der Waals surface area contributed by atoms with Crippen LogP contribution in [-0.2, 0) is 27.4 Å². The van der Waals surface area contributed by atoms with Crippen molar-refractivity contribution in [2.24, 2.45) is 0 Å². The number of quaternary nitrogens is 1. The number of anilines is 1. The Morgan fingerprint density at radius 1 is 0.971 bits per heavy atom. The summed E-state index contributed by atoms with van der Waals surface area (Å²) in [5.74, 6) is -1.66. The van der Waals surface area contributed by atoms with Crippen molar-refractivity contribution in [1.29, 1.82) is 0 Å². The smallest absolute Gasteiger partial charge is 0.328 e. The van der Waals surface area contributed by atoms with E-state index in [0.717, 1.165) is 40.8 Å². The van der Waals surface area contributed by atoms with Crippen LogP contribution in [-0.4, -0.2) is 55.1 Å². The van der Waals surface area contributed by atoms with E-state index in [1.54, 1.807) is 6.07 Å². The van der Waals surface area contributed by atoms with Crippen LogP contribution in [0, 0.1) is 0 Å². The van der Waals surface area contributed by atoms with Crippen molar-refractivity contribution < 1.29 is 23.7 Å². The van der Waals surface area contributed by atoms with Gasteiger partial charge in [-0.25, -0.2) is 4.79 Å². The maximum absolute atomic E-state index is 12.8. The summed E-state index contributed by atoms with van der Waals surface area (Å²) in [4.78, 5) is 44.1. The molecule has 1 fully saturated rings. The Balaban J connectivity index is 1.48. The first-order chi connectivity index (χ1) is 16.2. The van der Waals surface area contributed by atoms with E-state index in [2.05, 4.69) is 50.3 Å². The third-order valence-corrected chi connectivity index (χ3v) is 7.12. The molecule has 0 spiro atoms. The standard InChI is InChI=1S/C27H26N3O4/c1-28-15-30(2,3)14-22-19-6-4-5-17-11-16-7-8-18(12-20(16)21(26(17)19)13-23(22)28)27(33)34-29-24(31)9-10-25(29)32/h4-8,12-13H,9-11,14-15H2,1-3H3/q+1. The third kappa shape index (κ3) is 3.11. The molecule has 2 amide bonds. The minimum atomic E-state index is -0.698. The molecule has 0 N–H and O–H groups in total. The van der Waals surface area contributed by atoms with Crippen molar-refractivity contribution in [3.05, 3.63) is 64.7 Å². The van der Waals surface area contributed by atoms with Crippen LogP contribution in [0.15, 0.2) is 42.5 Å². The fourth-order valence-corrected chi connectivity index (χ4v) is 5.71. The first-order valence-corrected chi connectivity index (χ1v) is 11.5. The molecule has 7 heteroatoms. The first-order valence-electron chi connectivity index (χ1n) is 11.5. The summed E-state index contributed by atoms with van der Waals surface area (Å²) in [6.45, 7) is 1.87. The van der Waals surface area contributed by atoms with Crippen LogP contribution < -0.4 is 4.90 Å². The molecule has 3 aromatic rings. The lowest BCUT2D eigenvalue weighted by Gasteiger charge is -2.41. The number of hydrogen-bond acceptors (Lipinski definition) is 5. The highest BCUT2D eigenvalue weighted by molar-refractivity contribution is 6.07. The van der Waals surface area contributed by atoms with Gasteiger partial charge in [-0.2, -0.15) is 0 Å². The summed E-state index contributed by atoms with van der Waals surface area (Å²) in [6, 6.07) is 14.3. The van der Waals surface area contributed by atoms with Crippen molar-refractivity contribution in [2.75, 3.05) is 32.7 Å². The van der Waals surface area contributed by atoms with Crippen LogP contribution in [0.25, 0.3) is 21.9 Å². The molecule has 7 nitrogen and oxygen atoms in total. The maximum Gasteiger partial charge on any atom is 0.363 e. The SMILES string of the molecule is CN1C[N+](C)(C)Cc2c1cc1c3c(cccc23)Cc2ccc(C(=O)ON3C(=O)CCC3=O)cc2-1. The number of fused-ring (bicyclic) bond motifs is 4. The quantitative estimate of drug-likeness (QED) is 0.341. The Kier molecular flexibility index (Phi) is 4.38. The van der Waals surface area contributed by atoms with Crippen LogP contribution >= 0.6 is 0 Å². The Hall–Kier alpha value is -3.71. The maximum atomic E-state index is 12.8. The molecule has 172 valence electrons. The van der Waals surface area contributed by atoms with Crippen LogP contribution in [0.5, 0.6) is 0 Å². The summed E-state index contributed by atoms with van der Waals surface area (Å²) >= 11 is 0. The normalized spacial score (nSPS) is 18.2. The first kappa shape index (κ1) is 20.9. The van der Waals surface area contributed by atoms with Crippen LogP contribution in [0.1, 0.15) is 39.9 Å². The van der Waals surface area contributed by atoms with E-state index >= 15 is 0 Å². The number of imide groups is 1. The van der Waals surface area contributed by atoms with E-state index in [1.165, 1.54) is 27.6 Å². The predicted octanol–water partition coefficient (Wildman–Crippen LogP) is 3.62. The highest BCUT2D eigenvalue weighted by atomic mass is 16.7. The molecule has 0 bridgehead atoms. The average molecular weight is 457 g/mol. The molecule has 1 saturated heterocycles. The Morgan fingerprint density at radius 2 is 1.74 bits per heavy atom. The molecule has 0 radical (unpaired) electrons. The number of benzene rings is 3. The molecule has 3 aromatic carbocycles. The molecule has 6 rings (SSSR count). The van der Waals surface area contributed by atoms with Gasteiger partial charge in [0.05, 0.1) is 25.3 Å². The lowest BCUT2D eigenvalue weighted by atomic mass is 9.81. The van der Waals surface area contributed by atoms with E-state index in [0.29, 0.717) is 10.6 Å². The van der Waals surface area contributed by atoms with Gasteiger partial charge < -0.3 is 14.2 Å². The van der Waals surface area contributed by atoms with Gasteiger partial charge in [-0.05, 0) is 57.6 Å². The number of carbonyl (C=O) groups excluding carboxylic acids is 3. The second-order valence-corrected chi connectivity index (χ2v) is 10.2. The largest absolute Gasteiger partial charge is 0.363 e. The lowest BCUT2D eigenvalue weighted by Crippen LogP contribution is -2.50. The van der Waals surface area contributed by atoms with E-state index in [4.69, 9.17) is 4.84 Å². The second kappa shape index (κ2) is 7.14. The summed E-state index contributed by atoms with van der Waals surface area (Å²) in [7, 11) is 6.62. The summed E-state index contributed by atoms with van der Waals surface area (Å²) in [5, 5.41) is 3.09. The number of nitrogens with zero attached hydrogens (tertiary/aromatic N) is 3. The monoisotopic (exact) mass is 456 g/mol. The van der Waals surface area contributed by atoms with Crippen molar-refractivity contribution in [2.45, 2.75) is 25.8 Å². The van der Waals surface area contributed by atoms with Gasteiger partial charge in [-0.15, -0.1) is 5.06 Å². The van der Waals surface area contributed by atoms with E-state index in [-0.39, 0.29) is 12.8 Å². The number of rotatable bonds is 2. The highest BCUT2D eigenvalue weighted by Gasteiger charge is 2.34. The van der Waals surface area contributed by atoms with Gasteiger partial charge in [0.25, 0.3) is 11.8 Å². The van der Waals surface area contributed by atoms with Gasteiger partial charge >= 0.3 is 5.97 Å². The Labute approximate surface area is 197 Å². The molecular weight excluding hydrogens is 430 g/mol. The summed E-state index contributed by atoms with van der Waals surface area (Å²) < 4.78 is 0.892. The molecule has 0 aromatic heterocycles. The molecule has 1 aliphatic carbocycles. The fraction of sp³-hybridized carbons (Fsp3) is 0.296. The van der Waals surface area contributed by atoms with Crippen LogP contribution in [0.2, 0.25) is 0 Å². The zero-order valence-electron chi connectivity index (χ0n) is 19.6. The number of carbonyl (C=O) groups is 3.